The summed E-state index contributed by atoms with van der Waals surface area (Å²) >= 11 is 9.09. The van der Waals surface area contributed by atoms with Crippen LogP contribution in [0.3, 0.4) is 0 Å². The molecule has 0 saturated heterocycles. The second-order valence-electron chi connectivity index (χ2n) is 6.42. The van der Waals surface area contributed by atoms with Crippen molar-refractivity contribution in [1.82, 2.24) is 9.97 Å². The number of thioether (sulfide) groups is 1. The molecule has 0 fully saturated rings. The van der Waals surface area contributed by atoms with Crippen molar-refractivity contribution in [3.05, 3.63) is 55.9 Å². The molecule has 0 saturated carbocycles. The summed E-state index contributed by atoms with van der Waals surface area (Å²) in [6, 6.07) is 7.12. The lowest BCUT2D eigenvalue weighted by molar-refractivity contribution is -0.113. The average Bonchev–Trinajstić information content (AvgIpc) is 3.02. The number of benzene rings is 1. The quantitative estimate of drug-likeness (QED) is 0.643. The SMILES string of the molecule is O=C(CSCc1nc2sc3c(c2c(=O)[nH]1)CCCC3)Nc1ccccc1Cl. The van der Waals surface area contributed by atoms with E-state index in [4.69, 9.17) is 11.6 Å². The number of hydrogen-bond acceptors (Lipinski definition) is 5. The van der Waals surface area contributed by atoms with Crippen molar-refractivity contribution in [3.8, 4) is 0 Å². The van der Waals surface area contributed by atoms with Crippen molar-refractivity contribution in [2.75, 3.05) is 11.1 Å². The molecule has 0 radical (unpaired) electrons. The van der Waals surface area contributed by atoms with Gasteiger partial charge < -0.3 is 10.3 Å². The van der Waals surface area contributed by atoms with Gasteiger partial charge >= 0.3 is 0 Å². The number of para-hydroxylation sites is 1. The summed E-state index contributed by atoms with van der Waals surface area (Å²) in [4.78, 5) is 34.2. The lowest BCUT2D eigenvalue weighted by Crippen LogP contribution is -2.15. The van der Waals surface area contributed by atoms with E-state index in [1.807, 2.05) is 12.1 Å². The Hall–Kier alpha value is -1.83. The average molecular weight is 420 g/mol. The van der Waals surface area contributed by atoms with Crippen LogP contribution < -0.4 is 10.9 Å². The van der Waals surface area contributed by atoms with Crippen LogP contribution in [-0.4, -0.2) is 21.6 Å². The van der Waals surface area contributed by atoms with E-state index in [1.165, 1.54) is 28.6 Å². The van der Waals surface area contributed by atoms with Crippen molar-refractivity contribution >= 4 is 56.5 Å². The molecule has 2 aromatic heterocycles. The molecule has 0 aliphatic heterocycles. The Morgan fingerprint density at radius 2 is 2.11 bits per heavy atom. The van der Waals surface area contributed by atoms with E-state index in [0.717, 1.165) is 29.5 Å². The minimum atomic E-state index is -0.136. The minimum absolute atomic E-state index is 0.0597. The van der Waals surface area contributed by atoms with Gasteiger partial charge in [-0.15, -0.1) is 23.1 Å². The number of rotatable bonds is 5. The Labute approximate surface area is 169 Å². The van der Waals surface area contributed by atoms with E-state index in [0.29, 0.717) is 22.3 Å². The first-order valence-electron chi connectivity index (χ1n) is 8.77. The Bertz CT molecular complexity index is 1060. The maximum atomic E-state index is 12.5. The van der Waals surface area contributed by atoms with E-state index in [9.17, 15) is 9.59 Å². The molecule has 1 aliphatic carbocycles. The highest BCUT2D eigenvalue weighted by Gasteiger charge is 2.19. The number of hydrogen-bond donors (Lipinski definition) is 2. The number of aryl methyl sites for hydroxylation is 2. The smallest absolute Gasteiger partial charge is 0.259 e. The van der Waals surface area contributed by atoms with Gasteiger partial charge in [0.2, 0.25) is 5.91 Å². The van der Waals surface area contributed by atoms with Crippen LogP contribution in [0.4, 0.5) is 5.69 Å². The van der Waals surface area contributed by atoms with Crippen LogP contribution in [0.25, 0.3) is 10.2 Å². The number of amides is 1. The second kappa shape index (κ2) is 8.04. The van der Waals surface area contributed by atoms with E-state index >= 15 is 0 Å². The molecule has 0 atom stereocenters. The Morgan fingerprint density at radius 1 is 1.30 bits per heavy atom. The molecule has 4 rings (SSSR count). The van der Waals surface area contributed by atoms with Crippen LogP contribution in [0.5, 0.6) is 0 Å². The largest absolute Gasteiger partial charge is 0.324 e. The molecule has 3 aromatic rings. The highest BCUT2D eigenvalue weighted by atomic mass is 35.5. The predicted octanol–water partition coefficient (Wildman–Crippen LogP) is 4.39. The lowest BCUT2D eigenvalue weighted by Gasteiger charge is -2.09. The third-order valence-electron chi connectivity index (χ3n) is 4.49. The zero-order chi connectivity index (χ0) is 18.8. The normalized spacial score (nSPS) is 13.5. The van der Waals surface area contributed by atoms with Crippen LogP contribution in [-0.2, 0) is 23.4 Å². The first-order valence-corrected chi connectivity index (χ1v) is 11.1. The van der Waals surface area contributed by atoms with Crippen LogP contribution in [0.15, 0.2) is 29.1 Å². The molecular formula is C19H18ClN3O2S2. The Kier molecular flexibility index (Phi) is 5.52. The molecule has 5 nitrogen and oxygen atoms in total. The summed E-state index contributed by atoms with van der Waals surface area (Å²) < 4.78 is 0. The van der Waals surface area contributed by atoms with E-state index in [-0.39, 0.29) is 17.2 Å². The van der Waals surface area contributed by atoms with Gasteiger partial charge in [-0.2, -0.15) is 0 Å². The molecule has 1 amide bonds. The molecule has 0 unspecified atom stereocenters. The molecule has 0 bridgehead atoms. The van der Waals surface area contributed by atoms with Gasteiger partial charge in [-0.05, 0) is 43.4 Å². The van der Waals surface area contributed by atoms with Gasteiger partial charge in [0.1, 0.15) is 10.7 Å². The van der Waals surface area contributed by atoms with Gasteiger partial charge in [0, 0.05) is 4.88 Å². The number of fused-ring (bicyclic) bond motifs is 3. The number of aromatic amines is 1. The molecule has 8 heteroatoms. The number of aromatic nitrogens is 2. The fourth-order valence-corrected chi connectivity index (χ4v) is 5.42. The first kappa shape index (κ1) is 18.5. The fraction of sp³-hybridized carbons (Fsp3) is 0.316. The number of carbonyl (C=O) groups is 1. The van der Waals surface area contributed by atoms with Crippen molar-refractivity contribution in [2.45, 2.75) is 31.4 Å². The monoisotopic (exact) mass is 419 g/mol. The molecule has 27 heavy (non-hydrogen) atoms. The van der Waals surface area contributed by atoms with Gasteiger partial charge in [0.15, 0.2) is 0 Å². The maximum absolute atomic E-state index is 12.5. The number of thiophene rings is 1. The van der Waals surface area contributed by atoms with Crippen LogP contribution in [0, 0.1) is 0 Å². The molecule has 140 valence electrons. The van der Waals surface area contributed by atoms with Crippen LogP contribution >= 0.6 is 34.7 Å². The standard InChI is InChI=1S/C19H18ClN3O2S2/c20-12-6-2-3-7-13(12)21-16(24)10-26-9-15-22-18(25)17-11-5-1-4-8-14(11)27-19(17)23-15/h2-3,6-7H,1,4-5,8-10H2,(H,21,24)(H,22,23,25). The number of nitrogens with zero attached hydrogens (tertiary/aromatic N) is 1. The maximum Gasteiger partial charge on any atom is 0.259 e. The zero-order valence-electron chi connectivity index (χ0n) is 14.5. The van der Waals surface area contributed by atoms with Crippen molar-refractivity contribution in [3.63, 3.8) is 0 Å². The number of H-pyrrole nitrogens is 1. The number of carbonyl (C=O) groups excluding carboxylic acids is 1. The Morgan fingerprint density at radius 3 is 2.96 bits per heavy atom. The van der Waals surface area contributed by atoms with Gasteiger partial charge in [-0.1, -0.05) is 23.7 Å². The first-order chi connectivity index (χ1) is 13.1. The van der Waals surface area contributed by atoms with E-state index in [1.54, 1.807) is 23.5 Å². The highest BCUT2D eigenvalue weighted by molar-refractivity contribution is 7.99. The number of anilines is 1. The summed E-state index contributed by atoms with van der Waals surface area (Å²) in [5, 5.41) is 4.06. The van der Waals surface area contributed by atoms with Crippen molar-refractivity contribution < 1.29 is 4.79 Å². The fourth-order valence-electron chi connectivity index (χ4n) is 3.27. The predicted molar refractivity (Wildman–Crippen MR) is 113 cm³/mol. The molecule has 1 aliphatic rings. The molecule has 0 spiro atoms. The molecule has 1 aromatic carbocycles. The van der Waals surface area contributed by atoms with Gasteiger partial charge in [0.05, 0.1) is 27.6 Å². The summed E-state index contributed by atoms with van der Waals surface area (Å²) in [5.41, 5.74) is 1.73. The Balaban J connectivity index is 1.41. The summed E-state index contributed by atoms with van der Waals surface area (Å²) in [5.74, 6) is 1.21. The third-order valence-corrected chi connectivity index (χ3v) is 6.95. The molecule has 2 N–H and O–H groups in total. The number of halogens is 1. The van der Waals surface area contributed by atoms with Gasteiger partial charge in [-0.3, -0.25) is 9.59 Å². The minimum Gasteiger partial charge on any atom is -0.324 e. The third kappa shape index (κ3) is 4.05. The van der Waals surface area contributed by atoms with E-state index in [2.05, 4.69) is 15.3 Å². The van der Waals surface area contributed by atoms with Gasteiger partial charge in [-0.25, -0.2) is 4.98 Å². The molecular weight excluding hydrogens is 402 g/mol. The highest BCUT2D eigenvalue weighted by Crippen LogP contribution is 2.33. The second-order valence-corrected chi connectivity index (χ2v) is 8.90. The summed E-state index contributed by atoms with van der Waals surface area (Å²) in [6.07, 6.45) is 4.33. The lowest BCUT2D eigenvalue weighted by atomic mass is 9.97. The summed E-state index contributed by atoms with van der Waals surface area (Å²) in [7, 11) is 0. The van der Waals surface area contributed by atoms with Crippen LogP contribution in [0.1, 0.15) is 29.1 Å². The summed E-state index contributed by atoms with van der Waals surface area (Å²) in [6.45, 7) is 0. The topological polar surface area (TPSA) is 74.8 Å². The van der Waals surface area contributed by atoms with E-state index < -0.39 is 0 Å². The zero-order valence-corrected chi connectivity index (χ0v) is 16.9. The van der Waals surface area contributed by atoms with Crippen molar-refractivity contribution in [1.29, 1.82) is 0 Å². The van der Waals surface area contributed by atoms with Crippen molar-refractivity contribution in [2.24, 2.45) is 0 Å². The van der Waals surface area contributed by atoms with Gasteiger partial charge in [0.25, 0.3) is 5.56 Å². The van der Waals surface area contributed by atoms with Crippen LogP contribution in [0.2, 0.25) is 5.02 Å². The number of nitrogens with one attached hydrogen (secondary N) is 2. The molecule has 2 heterocycles.